The van der Waals surface area contributed by atoms with Crippen molar-refractivity contribution in [1.82, 2.24) is 9.80 Å². The van der Waals surface area contributed by atoms with Gasteiger partial charge < -0.3 is 15.1 Å². The molecule has 0 unspecified atom stereocenters. The molecule has 0 atom stereocenters. The summed E-state index contributed by atoms with van der Waals surface area (Å²) in [4.78, 5) is 9.86. The van der Waals surface area contributed by atoms with E-state index in [0.29, 0.717) is 4.88 Å². The highest BCUT2D eigenvalue weighted by molar-refractivity contribution is 7.16. The Morgan fingerprint density at radius 3 is 2.86 bits per heavy atom. The highest BCUT2D eigenvalue weighted by atomic mass is 32.1. The third-order valence-electron chi connectivity index (χ3n) is 4.15. The fourth-order valence-corrected chi connectivity index (χ4v) is 3.70. The van der Waals surface area contributed by atoms with Gasteiger partial charge in [0.15, 0.2) is 0 Å². The third kappa shape index (κ3) is 2.40. The molecule has 0 saturated carbocycles. The summed E-state index contributed by atoms with van der Waals surface area (Å²) in [7, 11) is 2.12. The molecule has 4 nitrogen and oxygen atoms in total. The summed E-state index contributed by atoms with van der Waals surface area (Å²) in [6, 6.07) is 9.67. The van der Waals surface area contributed by atoms with Crippen LogP contribution in [0.5, 0.6) is 0 Å². The Labute approximate surface area is 139 Å². The number of aliphatic imine (C=N–C) groups is 1. The quantitative estimate of drug-likeness (QED) is 0.808. The molecule has 114 valence electrons. The van der Waals surface area contributed by atoms with E-state index in [2.05, 4.69) is 22.2 Å². The number of amidine groups is 1. The number of aryl methyl sites for hydroxylation is 1. The minimum absolute atomic E-state index is 0.395. The molecule has 0 aliphatic carbocycles. The molecular weight excluding hydrogens is 292 g/mol. The van der Waals surface area contributed by atoms with Gasteiger partial charge in [-0.2, -0.15) is 0 Å². The second-order valence-corrected chi connectivity index (χ2v) is 6.77. The van der Waals surface area contributed by atoms with Gasteiger partial charge in [0.05, 0.1) is 16.9 Å². The first-order valence-electron chi connectivity index (χ1n) is 8.95. The number of anilines is 2. The maximum Gasteiger partial charge on any atom is 0.139 e. The lowest BCUT2D eigenvalue weighted by atomic mass is 10.2. The molecular formula is C17H20N4S. The largest absolute Gasteiger partial charge is 0.353 e. The maximum absolute atomic E-state index is 7.75. The molecule has 1 fully saturated rings. The van der Waals surface area contributed by atoms with E-state index in [1.165, 1.54) is 11.3 Å². The minimum Gasteiger partial charge on any atom is -0.353 e. The van der Waals surface area contributed by atoms with Crippen molar-refractivity contribution in [3.63, 3.8) is 0 Å². The van der Waals surface area contributed by atoms with Crippen LogP contribution in [-0.2, 0) is 0 Å². The number of benzene rings is 1. The summed E-state index contributed by atoms with van der Waals surface area (Å²) >= 11 is 1.30. The first-order valence-corrected chi connectivity index (χ1v) is 8.26. The van der Waals surface area contributed by atoms with Gasteiger partial charge in [0.1, 0.15) is 10.8 Å². The average Bonchev–Trinajstić information content (AvgIpc) is 2.93. The predicted molar refractivity (Wildman–Crippen MR) is 94.0 cm³/mol. The second kappa shape index (κ2) is 5.41. The Morgan fingerprint density at radius 2 is 2.05 bits per heavy atom. The third-order valence-corrected chi connectivity index (χ3v) is 5.02. The number of rotatable bonds is 0. The van der Waals surface area contributed by atoms with E-state index in [-0.39, 0.29) is 0 Å². The SMILES string of the molecule is [2H]C([2H])([2H])c1cc2c(s1)Nc1ccccc1N=C2N1CCN(C)CC1. The van der Waals surface area contributed by atoms with Crippen molar-refractivity contribution in [1.29, 1.82) is 0 Å². The molecule has 1 N–H and O–H groups in total. The van der Waals surface area contributed by atoms with Crippen LogP contribution in [0.3, 0.4) is 0 Å². The zero-order chi connectivity index (χ0) is 17.6. The number of thiophene rings is 1. The summed E-state index contributed by atoms with van der Waals surface area (Å²) in [5, 5.41) is 4.25. The fraction of sp³-hybridized carbons (Fsp3) is 0.353. The lowest BCUT2D eigenvalue weighted by molar-refractivity contribution is 0.216. The van der Waals surface area contributed by atoms with E-state index in [4.69, 9.17) is 9.10 Å². The summed E-state index contributed by atoms with van der Waals surface area (Å²) in [6.45, 7) is 1.61. The zero-order valence-corrected chi connectivity index (χ0v) is 13.3. The minimum atomic E-state index is -2.11. The zero-order valence-electron chi connectivity index (χ0n) is 15.5. The van der Waals surface area contributed by atoms with E-state index in [9.17, 15) is 0 Å². The van der Waals surface area contributed by atoms with Gasteiger partial charge in [-0.3, -0.25) is 0 Å². The molecule has 2 aliphatic rings. The Kier molecular flexibility index (Phi) is 2.66. The predicted octanol–water partition coefficient (Wildman–Crippen LogP) is 3.44. The number of para-hydroxylation sites is 2. The van der Waals surface area contributed by atoms with Crippen LogP contribution in [0.2, 0.25) is 0 Å². The Balaban J connectivity index is 1.82. The second-order valence-electron chi connectivity index (χ2n) is 5.72. The lowest BCUT2D eigenvalue weighted by Gasteiger charge is -2.34. The molecule has 1 saturated heterocycles. The van der Waals surface area contributed by atoms with Crippen molar-refractivity contribution in [3.8, 4) is 0 Å². The lowest BCUT2D eigenvalue weighted by Crippen LogP contribution is -2.47. The van der Waals surface area contributed by atoms with Crippen LogP contribution < -0.4 is 5.32 Å². The van der Waals surface area contributed by atoms with Crippen LogP contribution >= 0.6 is 11.3 Å². The van der Waals surface area contributed by atoms with Gasteiger partial charge in [-0.05, 0) is 32.1 Å². The van der Waals surface area contributed by atoms with Gasteiger partial charge in [0, 0.05) is 35.2 Å². The van der Waals surface area contributed by atoms with Crippen molar-refractivity contribution in [2.24, 2.45) is 4.99 Å². The van der Waals surface area contributed by atoms with Gasteiger partial charge in [0.2, 0.25) is 0 Å². The highest BCUT2D eigenvalue weighted by Crippen LogP contribution is 2.39. The molecule has 0 spiro atoms. The molecule has 2 aliphatic heterocycles. The van der Waals surface area contributed by atoms with Crippen molar-refractivity contribution in [2.45, 2.75) is 6.85 Å². The van der Waals surface area contributed by atoms with Crippen molar-refractivity contribution >= 4 is 33.5 Å². The van der Waals surface area contributed by atoms with Gasteiger partial charge in [0.25, 0.3) is 0 Å². The van der Waals surface area contributed by atoms with Crippen LogP contribution in [0.4, 0.5) is 16.4 Å². The highest BCUT2D eigenvalue weighted by Gasteiger charge is 2.25. The molecule has 1 aromatic carbocycles. The van der Waals surface area contributed by atoms with E-state index < -0.39 is 6.85 Å². The summed E-state index contributed by atoms with van der Waals surface area (Å²) in [6.07, 6.45) is 0. The first-order chi connectivity index (χ1) is 11.9. The Hall–Kier alpha value is -1.85. The fourth-order valence-electron chi connectivity index (χ4n) is 2.88. The van der Waals surface area contributed by atoms with Crippen molar-refractivity contribution < 1.29 is 4.11 Å². The molecule has 22 heavy (non-hydrogen) atoms. The molecule has 5 heteroatoms. The van der Waals surface area contributed by atoms with Gasteiger partial charge in [-0.25, -0.2) is 4.99 Å². The van der Waals surface area contributed by atoms with Crippen LogP contribution in [-0.4, -0.2) is 48.9 Å². The van der Waals surface area contributed by atoms with E-state index in [1.807, 2.05) is 24.3 Å². The molecule has 2 aromatic rings. The average molecular weight is 315 g/mol. The van der Waals surface area contributed by atoms with Crippen LogP contribution in [0.15, 0.2) is 35.3 Å². The normalized spacial score (nSPS) is 20.7. The van der Waals surface area contributed by atoms with E-state index in [0.717, 1.165) is 54.0 Å². The molecule has 1 aromatic heterocycles. The number of fused-ring (bicyclic) bond motifs is 2. The first kappa shape index (κ1) is 10.8. The van der Waals surface area contributed by atoms with E-state index in [1.54, 1.807) is 6.07 Å². The number of hydrogen-bond donors (Lipinski definition) is 1. The monoisotopic (exact) mass is 315 g/mol. The van der Waals surface area contributed by atoms with Gasteiger partial charge in [-0.1, -0.05) is 12.1 Å². The summed E-state index contributed by atoms with van der Waals surface area (Å²) in [5.41, 5.74) is 2.68. The van der Waals surface area contributed by atoms with Gasteiger partial charge >= 0.3 is 0 Å². The summed E-state index contributed by atoms with van der Waals surface area (Å²) in [5.74, 6) is 0.868. The standard InChI is InChI=1S/C17H20N4S/c1-12-11-13-16(21-9-7-20(2)8-10-21)18-14-5-3-4-6-15(14)19-17(13)22-12/h3-6,11,19H,7-10H2,1-2H3/i1D3. The smallest absolute Gasteiger partial charge is 0.139 e. The topological polar surface area (TPSA) is 30.9 Å². The number of nitrogens with one attached hydrogen (secondary N) is 1. The summed E-state index contributed by atoms with van der Waals surface area (Å²) < 4.78 is 23.2. The number of likely N-dealkylation sites (N-methyl/N-ethyl adjacent to an activating group) is 1. The van der Waals surface area contributed by atoms with Crippen LogP contribution in [0.1, 0.15) is 14.6 Å². The van der Waals surface area contributed by atoms with Crippen molar-refractivity contribution in [2.75, 3.05) is 38.5 Å². The van der Waals surface area contributed by atoms with Crippen molar-refractivity contribution in [3.05, 3.63) is 40.8 Å². The molecule has 0 radical (unpaired) electrons. The number of nitrogens with zero attached hydrogens (tertiary/aromatic N) is 3. The Morgan fingerprint density at radius 1 is 1.23 bits per heavy atom. The van der Waals surface area contributed by atoms with Gasteiger partial charge in [-0.15, -0.1) is 11.3 Å². The van der Waals surface area contributed by atoms with Crippen LogP contribution in [0, 0.1) is 6.85 Å². The Bertz CT molecular complexity index is 820. The number of piperazine rings is 1. The molecule has 0 amide bonds. The van der Waals surface area contributed by atoms with Crippen LogP contribution in [0.25, 0.3) is 0 Å². The molecule has 4 rings (SSSR count). The maximum atomic E-state index is 7.75. The molecule has 3 heterocycles. The molecule has 0 bridgehead atoms. The van der Waals surface area contributed by atoms with E-state index >= 15 is 0 Å². The number of hydrogen-bond acceptors (Lipinski definition) is 5.